The Balaban J connectivity index is 2.28. The fourth-order valence-electron chi connectivity index (χ4n) is 1.67. The van der Waals surface area contributed by atoms with E-state index in [-0.39, 0.29) is 11.5 Å². The number of fused-ring (bicyclic) bond motifs is 1. The third-order valence-corrected chi connectivity index (χ3v) is 2.55. The number of aromatic amines is 1. The molecule has 0 atom stereocenters. The van der Waals surface area contributed by atoms with E-state index in [0.717, 1.165) is 16.8 Å². The Morgan fingerprint density at radius 1 is 1.05 bits per heavy atom. The molecule has 0 aliphatic carbocycles. The molecule has 3 rings (SSSR count). The molecular formula is C10H5F3N6O2. The van der Waals surface area contributed by atoms with Crippen LogP contribution in [0, 0.1) is 0 Å². The maximum atomic E-state index is 12.7. The minimum atomic E-state index is -4.75. The van der Waals surface area contributed by atoms with E-state index in [1.54, 1.807) is 0 Å². The van der Waals surface area contributed by atoms with E-state index < -0.39 is 23.1 Å². The first kappa shape index (κ1) is 13.0. The number of aromatic nitrogens is 6. The summed E-state index contributed by atoms with van der Waals surface area (Å²) in [6.07, 6.45) is -4.75. The number of hydrogen-bond donors (Lipinski definition) is 1. The lowest BCUT2D eigenvalue weighted by Crippen LogP contribution is -2.27. The number of nitrogens with zero attached hydrogens (tertiary/aromatic N) is 5. The summed E-state index contributed by atoms with van der Waals surface area (Å²) < 4.78 is 39.4. The van der Waals surface area contributed by atoms with Gasteiger partial charge < -0.3 is 0 Å². The lowest BCUT2D eigenvalue weighted by atomic mass is 10.5. The molecule has 1 N–H and O–H groups in total. The zero-order valence-corrected chi connectivity index (χ0v) is 10.00. The lowest BCUT2D eigenvalue weighted by Gasteiger charge is -2.06. The van der Waals surface area contributed by atoms with Crippen LogP contribution in [0.25, 0.3) is 11.5 Å². The average Bonchev–Trinajstić information content (AvgIpc) is 2.84. The molecule has 108 valence electrons. The molecule has 11 heteroatoms. The molecular weight excluding hydrogens is 293 g/mol. The molecule has 0 saturated carbocycles. The number of nitrogens with one attached hydrogen (secondary N) is 1. The Morgan fingerprint density at radius 3 is 2.52 bits per heavy atom. The molecule has 0 radical (unpaired) electrons. The van der Waals surface area contributed by atoms with Crippen molar-refractivity contribution in [1.29, 1.82) is 0 Å². The quantitative estimate of drug-likeness (QED) is 0.681. The summed E-state index contributed by atoms with van der Waals surface area (Å²) in [5, 5.41) is 12.1. The molecule has 3 aromatic rings. The number of H-pyrrole nitrogens is 1. The van der Waals surface area contributed by atoms with Crippen LogP contribution < -0.4 is 11.1 Å². The standard InChI is InChI=1S/C10H5F3N6O2/c11-10(12,13)9-15-14-5-1-2-6(16-19(5)9)18-8(21)4-3-7(20)17-18/h1-4H,(H,17,20). The molecule has 21 heavy (non-hydrogen) atoms. The molecule has 0 aliphatic heterocycles. The Morgan fingerprint density at radius 2 is 1.81 bits per heavy atom. The second-order valence-electron chi connectivity index (χ2n) is 3.97. The highest BCUT2D eigenvalue weighted by Crippen LogP contribution is 2.27. The second kappa shape index (κ2) is 4.26. The van der Waals surface area contributed by atoms with Crippen molar-refractivity contribution < 1.29 is 13.2 Å². The van der Waals surface area contributed by atoms with Gasteiger partial charge in [-0.3, -0.25) is 14.7 Å². The summed E-state index contributed by atoms with van der Waals surface area (Å²) in [4.78, 5) is 22.8. The Kier molecular flexibility index (Phi) is 2.64. The lowest BCUT2D eigenvalue weighted by molar-refractivity contribution is -0.146. The predicted molar refractivity (Wildman–Crippen MR) is 62.0 cm³/mol. The normalized spacial score (nSPS) is 12.0. The van der Waals surface area contributed by atoms with Crippen molar-refractivity contribution in [1.82, 2.24) is 29.6 Å². The average molecular weight is 298 g/mol. The molecule has 8 nitrogen and oxygen atoms in total. The van der Waals surface area contributed by atoms with Gasteiger partial charge in [-0.15, -0.1) is 15.3 Å². The largest absolute Gasteiger partial charge is 0.453 e. The van der Waals surface area contributed by atoms with Crippen LogP contribution in [0.15, 0.2) is 33.9 Å². The van der Waals surface area contributed by atoms with Crippen LogP contribution in [0.2, 0.25) is 0 Å². The molecule has 0 aromatic carbocycles. The van der Waals surface area contributed by atoms with E-state index in [0.29, 0.717) is 4.52 Å². The first-order valence-electron chi connectivity index (χ1n) is 5.49. The maximum Gasteiger partial charge on any atom is 0.453 e. The predicted octanol–water partition coefficient (Wildman–Crippen LogP) is -0.0177. The maximum absolute atomic E-state index is 12.7. The third kappa shape index (κ3) is 2.17. The highest BCUT2D eigenvalue weighted by Gasteiger charge is 2.37. The minimum absolute atomic E-state index is 0.141. The van der Waals surface area contributed by atoms with Gasteiger partial charge in [-0.25, -0.2) is 0 Å². The van der Waals surface area contributed by atoms with Crippen molar-refractivity contribution in [2.24, 2.45) is 0 Å². The molecule has 0 saturated heterocycles. The molecule has 3 heterocycles. The van der Waals surface area contributed by atoms with Crippen molar-refractivity contribution in [3.8, 4) is 5.82 Å². The summed E-state index contributed by atoms with van der Waals surface area (Å²) >= 11 is 0. The molecule has 0 aliphatic rings. The van der Waals surface area contributed by atoms with Crippen molar-refractivity contribution in [2.75, 3.05) is 0 Å². The fourth-order valence-corrected chi connectivity index (χ4v) is 1.67. The van der Waals surface area contributed by atoms with E-state index >= 15 is 0 Å². The summed E-state index contributed by atoms with van der Waals surface area (Å²) in [6.45, 7) is 0. The van der Waals surface area contributed by atoms with Crippen LogP contribution in [0.5, 0.6) is 0 Å². The molecule has 0 amide bonds. The van der Waals surface area contributed by atoms with Gasteiger partial charge in [0, 0.05) is 12.1 Å². The van der Waals surface area contributed by atoms with E-state index in [2.05, 4.69) is 20.4 Å². The van der Waals surface area contributed by atoms with Gasteiger partial charge in [-0.2, -0.15) is 22.4 Å². The highest BCUT2D eigenvalue weighted by atomic mass is 19.4. The summed E-state index contributed by atoms with van der Waals surface area (Å²) in [5.74, 6) is -1.53. The molecule has 0 fully saturated rings. The summed E-state index contributed by atoms with van der Waals surface area (Å²) in [6, 6.07) is 4.41. The molecule has 0 unspecified atom stereocenters. The van der Waals surface area contributed by atoms with E-state index in [9.17, 15) is 22.8 Å². The van der Waals surface area contributed by atoms with E-state index in [1.807, 2.05) is 0 Å². The first-order chi connectivity index (χ1) is 9.86. The first-order valence-corrected chi connectivity index (χ1v) is 5.49. The number of halogens is 3. The molecule has 0 spiro atoms. The molecule has 3 aromatic heterocycles. The molecule has 0 bridgehead atoms. The third-order valence-electron chi connectivity index (χ3n) is 2.55. The van der Waals surface area contributed by atoms with Crippen molar-refractivity contribution >= 4 is 5.65 Å². The van der Waals surface area contributed by atoms with Gasteiger partial charge in [0.05, 0.1) is 0 Å². The monoisotopic (exact) mass is 298 g/mol. The van der Waals surface area contributed by atoms with Gasteiger partial charge in [0.15, 0.2) is 11.5 Å². The zero-order valence-electron chi connectivity index (χ0n) is 10.00. The summed E-state index contributed by atoms with van der Waals surface area (Å²) in [7, 11) is 0. The SMILES string of the molecule is O=c1ccc(=O)n(-c2ccc3nnc(C(F)(F)F)n3n2)[nH]1. The van der Waals surface area contributed by atoms with Crippen LogP contribution in [0.4, 0.5) is 13.2 Å². The van der Waals surface area contributed by atoms with Crippen LogP contribution in [0.3, 0.4) is 0 Å². The van der Waals surface area contributed by atoms with Crippen molar-refractivity contribution in [3.05, 3.63) is 50.8 Å². The van der Waals surface area contributed by atoms with Crippen molar-refractivity contribution in [2.45, 2.75) is 6.18 Å². The van der Waals surface area contributed by atoms with Crippen LogP contribution in [-0.2, 0) is 6.18 Å². The van der Waals surface area contributed by atoms with Crippen LogP contribution in [-0.4, -0.2) is 29.6 Å². The number of hydrogen-bond acceptors (Lipinski definition) is 5. The Labute approximate surface area is 112 Å². The second-order valence-corrected chi connectivity index (χ2v) is 3.97. The number of rotatable bonds is 1. The van der Waals surface area contributed by atoms with Gasteiger partial charge in [0.1, 0.15) is 0 Å². The van der Waals surface area contributed by atoms with Crippen LogP contribution >= 0.6 is 0 Å². The van der Waals surface area contributed by atoms with Crippen molar-refractivity contribution in [3.63, 3.8) is 0 Å². The Bertz CT molecular complexity index is 938. The summed E-state index contributed by atoms with van der Waals surface area (Å²) in [5.41, 5.74) is -1.39. The zero-order chi connectivity index (χ0) is 15.2. The van der Waals surface area contributed by atoms with Crippen LogP contribution in [0.1, 0.15) is 5.82 Å². The fraction of sp³-hybridized carbons (Fsp3) is 0.100. The van der Waals surface area contributed by atoms with Gasteiger partial charge in [-0.05, 0) is 12.1 Å². The van der Waals surface area contributed by atoms with Gasteiger partial charge in [0.2, 0.25) is 0 Å². The van der Waals surface area contributed by atoms with E-state index in [1.165, 1.54) is 12.1 Å². The minimum Gasteiger partial charge on any atom is -0.268 e. The van der Waals surface area contributed by atoms with E-state index in [4.69, 9.17) is 0 Å². The number of alkyl halides is 3. The van der Waals surface area contributed by atoms with Gasteiger partial charge in [0.25, 0.3) is 16.9 Å². The Hall–Kier alpha value is -2.98. The highest BCUT2D eigenvalue weighted by molar-refractivity contribution is 5.39. The van der Waals surface area contributed by atoms with Gasteiger partial charge >= 0.3 is 6.18 Å². The smallest absolute Gasteiger partial charge is 0.268 e. The van der Waals surface area contributed by atoms with Gasteiger partial charge in [-0.1, -0.05) is 0 Å². The topological polar surface area (TPSA) is 97.9 Å².